The molecule has 0 fully saturated rings. The summed E-state index contributed by atoms with van der Waals surface area (Å²) in [4.78, 5) is 109. The summed E-state index contributed by atoms with van der Waals surface area (Å²) in [6.07, 6.45) is 109. The average molecular weight is 2040 g/mol. The zero-order valence-corrected chi connectivity index (χ0v) is 94.7. The average Bonchev–Trinajstić information content (AvgIpc) is 0.870. The van der Waals surface area contributed by atoms with Gasteiger partial charge in [-0.2, -0.15) is 0 Å². The highest BCUT2D eigenvalue weighted by atomic mass is 16.6. The van der Waals surface area contributed by atoms with Crippen LogP contribution in [-0.2, 0) is 76.3 Å². The van der Waals surface area contributed by atoms with Gasteiger partial charge in [-0.1, -0.05) is 357 Å². The molecule has 0 amide bonds. The molecular formula is C127H226N2O16. The number of ether oxygens (including phenoxy) is 8. The van der Waals surface area contributed by atoms with Crippen molar-refractivity contribution in [1.82, 2.24) is 9.80 Å². The fourth-order valence-electron chi connectivity index (χ4n) is 18.4. The highest BCUT2D eigenvalue weighted by molar-refractivity contribution is 5.72. The van der Waals surface area contributed by atoms with Crippen molar-refractivity contribution >= 4 is 47.8 Å². The summed E-state index contributed by atoms with van der Waals surface area (Å²) >= 11 is 0. The number of carbonyl (C=O) groups excluding carboxylic acids is 8. The molecule has 0 rings (SSSR count). The SMILES string of the molecule is C=CCCCCCCCC(=O)OC(C/C=C\CCCCCCCCOC(=O)CCN(CCCN(CCC(=O)OCCCCCCCC/C=C\CC(CCCCCC)OC(=O)CCCCCCCC=C)CCC(=O)OCCCCCCCC/C=C\CC(CCCCCC)OC(=O)CCCCCCCC=C)CCC(=O)OCCCCCCCC/C=C\CC(CCCCCC)OC(=O)CCCCCCCC=C)CCCCCC. The maximum absolute atomic E-state index is 13.5. The van der Waals surface area contributed by atoms with Crippen LogP contribution in [0.1, 0.15) is 573 Å². The van der Waals surface area contributed by atoms with Crippen molar-refractivity contribution in [1.29, 1.82) is 0 Å². The molecule has 0 aromatic heterocycles. The lowest BCUT2D eigenvalue weighted by Gasteiger charge is -2.25. The highest BCUT2D eigenvalue weighted by Crippen LogP contribution is 2.24. The van der Waals surface area contributed by atoms with Crippen molar-refractivity contribution in [2.24, 2.45) is 0 Å². The second kappa shape index (κ2) is 113. The van der Waals surface area contributed by atoms with Gasteiger partial charge >= 0.3 is 47.8 Å². The minimum absolute atomic E-state index is 0.0525. The number of hydrogen-bond donors (Lipinski definition) is 0. The molecule has 4 atom stereocenters. The van der Waals surface area contributed by atoms with E-state index in [1.54, 1.807) is 0 Å². The molecule has 0 heterocycles. The largest absolute Gasteiger partial charge is 0.466 e. The third-order valence-electron chi connectivity index (χ3n) is 27.7. The van der Waals surface area contributed by atoms with Gasteiger partial charge in [-0.15, -0.1) is 26.3 Å². The molecule has 0 aromatic rings. The van der Waals surface area contributed by atoms with E-state index in [4.69, 9.17) is 37.9 Å². The van der Waals surface area contributed by atoms with Crippen LogP contribution in [0.4, 0.5) is 0 Å². The molecule has 0 spiro atoms. The van der Waals surface area contributed by atoms with Crippen LogP contribution in [0, 0.1) is 0 Å². The van der Waals surface area contributed by atoms with Crippen molar-refractivity contribution < 1.29 is 76.3 Å². The van der Waals surface area contributed by atoms with Gasteiger partial charge in [0, 0.05) is 77.5 Å². The van der Waals surface area contributed by atoms with Crippen LogP contribution in [0.2, 0.25) is 0 Å². The van der Waals surface area contributed by atoms with Crippen LogP contribution in [-0.4, -0.2) is 148 Å². The Balaban J connectivity index is 6.03. The van der Waals surface area contributed by atoms with E-state index >= 15 is 0 Å². The summed E-state index contributed by atoms with van der Waals surface area (Å²) in [5, 5.41) is 0. The summed E-state index contributed by atoms with van der Waals surface area (Å²) in [6.45, 7) is 28.4. The molecular weight excluding hydrogens is 1810 g/mol. The molecule has 0 saturated heterocycles. The first-order chi connectivity index (χ1) is 71.2. The number of carbonyl (C=O) groups is 8. The third kappa shape index (κ3) is 105. The van der Waals surface area contributed by atoms with E-state index in [2.05, 4.69) is 112 Å². The molecule has 0 aliphatic heterocycles. The van der Waals surface area contributed by atoms with Gasteiger partial charge in [0.25, 0.3) is 0 Å². The van der Waals surface area contributed by atoms with Gasteiger partial charge in [0.2, 0.25) is 0 Å². The predicted octanol–water partition coefficient (Wildman–Crippen LogP) is 35.6. The van der Waals surface area contributed by atoms with Crippen LogP contribution >= 0.6 is 0 Å². The van der Waals surface area contributed by atoms with Crippen LogP contribution in [0.25, 0.3) is 0 Å². The molecule has 4 unspecified atom stereocenters. The van der Waals surface area contributed by atoms with Gasteiger partial charge in [-0.05, 0) is 225 Å². The number of rotatable bonds is 116. The number of esters is 8. The van der Waals surface area contributed by atoms with E-state index in [9.17, 15) is 38.4 Å². The first-order valence-electron chi connectivity index (χ1n) is 61.0. The van der Waals surface area contributed by atoms with Gasteiger partial charge in [0.05, 0.1) is 52.1 Å². The lowest BCUT2D eigenvalue weighted by Crippen LogP contribution is -2.35. The van der Waals surface area contributed by atoms with Crippen LogP contribution < -0.4 is 0 Å². The van der Waals surface area contributed by atoms with Gasteiger partial charge < -0.3 is 47.7 Å². The molecule has 840 valence electrons. The van der Waals surface area contributed by atoms with Crippen LogP contribution in [0.5, 0.6) is 0 Å². The lowest BCUT2D eigenvalue weighted by molar-refractivity contribution is -0.150. The summed E-state index contributed by atoms with van der Waals surface area (Å²) in [7, 11) is 0. The Bertz CT molecular complexity index is 2710. The van der Waals surface area contributed by atoms with E-state index in [0.717, 1.165) is 360 Å². The summed E-state index contributed by atoms with van der Waals surface area (Å²) in [5.41, 5.74) is 0. The van der Waals surface area contributed by atoms with E-state index in [-0.39, 0.29) is 97.9 Å². The number of nitrogens with zero attached hydrogens (tertiary/aromatic N) is 2. The standard InChI is InChI=1S/C127H226N2O16/c1-9-17-25-33-49-65-81-98-124(134)142-116(90-73-29-21-13-5)94-77-61-53-41-37-45-57-69-85-112-138-120(130)102-108-128(109-103-121(131)139-113-86-70-58-46-38-42-54-62-78-95-117(91-74-30-22-14-6)143-125(135)99-82-66-50-34-26-18-10-2)106-89-107-129(110-104-122(132)140-114-87-71-59-47-39-43-55-63-79-96-118(92-75-31-23-15-7)144-126(136)100-83-67-51-35-27-19-11-3)111-105-123(133)141-115-88-72-60-48-40-44-56-64-80-97-119(93-76-32-24-16-8)145-127(137)101-84-68-52-36-28-20-12-4/h9-12,61-64,77-80,116-119H,1-4,13-60,65-76,81-115H2,5-8H3/b77-61-,78-62-,79-63-,80-64-. The van der Waals surface area contributed by atoms with Crippen LogP contribution in [0.3, 0.4) is 0 Å². The van der Waals surface area contributed by atoms with E-state index < -0.39 is 0 Å². The second-order valence-electron chi connectivity index (χ2n) is 41.6. The minimum Gasteiger partial charge on any atom is -0.466 e. The van der Waals surface area contributed by atoms with Gasteiger partial charge in [0.15, 0.2) is 0 Å². The summed E-state index contributed by atoms with van der Waals surface area (Å²) in [5.74, 6) is -1.27. The molecule has 18 heteroatoms. The monoisotopic (exact) mass is 2040 g/mol. The minimum atomic E-state index is -0.260. The number of unbranched alkanes of at least 4 members (excludes halogenated alkanes) is 56. The summed E-state index contributed by atoms with van der Waals surface area (Å²) in [6, 6.07) is 0. The molecule has 0 aliphatic carbocycles. The summed E-state index contributed by atoms with van der Waals surface area (Å²) < 4.78 is 47.4. The van der Waals surface area contributed by atoms with Gasteiger partial charge in [0.1, 0.15) is 24.4 Å². The first kappa shape index (κ1) is 139. The topological polar surface area (TPSA) is 217 Å². The van der Waals surface area contributed by atoms with Crippen molar-refractivity contribution in [3.63, 3.8) is 0 Å². The molecule has 0 N–H and O–H groups in total. The first-order valence-corrected chi connectivity index (χ1v) is 61.0. The Morgan fingerprint density at radius 2 is 0.366 bits per heavy atom. The van der Waals surface area contributed by atoms with E-state index in [0.29, 0.717) is 97.8 Å². The Morgan fingerprint density at radius 1 is 0.186 bits per heavy atom. The molecule has 18 nitrogen and oxygen atoms in total. The van der Waals surface area contributed by atoms with E-state index in [1.807, 2.05) is 24.3 Å². The number of allylic oxidation sites excluding steroid dienone is 8. The zero-order chi connectivity index (χ0) is 105. The van der Waals surface area contributed by atoms with E-state index in [1.165, 1.54) is 128 Å². The normalized spacial score (nSPS) is 12.5. The molecule has 0 saturated carbocycles. The van der Waals surface area contributed by atoms with Crippen molar-refractivity contribution in [2.45, 2.75) is 598 Å². The fraction of sp³-hybridized carbons (Fsp3) is 0.811. The van der Waals surface area contributed by atoms with Crippen molar-refractivity contribution in [2.75, 3.05) is 65.7 Å². The zero-order valence-electron chi connectivity index (χ0n) is 94.7. The predicted molar refractivity (Wildman–Crippen MR) is 609 cm³/mol. The number of hydrogen-bond acceptors (Lipinski definition) is 18. The van der Waals surface area contributed by atoms with Crippen molar-refractivity contribution in [3.8, 4) is 0 Å². The highest BCUT2D eigenvalue weighted by Gasteiger charge is 2.21. The molecule has 0 aromatic carbocycles. The molecule has 0 aliphatic rings. The third-order valence-corrected chi connectivity index (χ3v) is 27.7. The van der Waals surface area contributed by atoms with Crippen LogP contribution in [0.15, 0.2) is 99.2 Å². The van der Waals surface area contributed by atoms with Gasteiger partial charge in [-0.25, -0.2) is 0 Å². The molecule has 0 radical (unpaired) electrons. The lowest BCUT2D eigenvalue weighted by atomic mass is 10.1. The Labute approximate surface area is 891 Å². The molecule has 0 bridgehead atoms. The Hall–Kier alpha value is -6.40. The Morgan fingerprint density at radius 3 is 0.566 bits per heavy atom. The Kier molecular flexibility index (Phi) is 108. The smallest absolute Gasteiger partial charge is 0.307 e. The second-order valence-corrected chi connectivity index (χ2v) is 41.6. The maximum atomic E-state index is 13.5. The maximum Gasteiger partial charge on any atom is 0.307 e. The fourth-order valence-corrected chi connectivity index (χ4v) is 18.4. The van der Waals surface area contributed by atoms with Gasteiger partial charge in [-0.3, -0.25) is 38.4 Å². The van der Waals surface area contributed by atoms with Crippen molar-refractivity contribution in [3.05, 3.63) is 99.2 Å². The quantitative estimate of drug-likeness (QED) is 0.0239. The molecule has 145 heavy (non-hydrogen) atoms.